The van der Waals surface area contributed by atoms with Crippen LogP contribution in [0.5, 0.6) is 0 Å². The Labute approximate surface area is 115 Å². The van der Waals surface area contributed by atoms with Crippen LogP contribution in [0.25, 0.3) is 0 Å². The topological polar surface area (TPSA) is 44.4 Å². The molecule has 104 valence electrons. The van der Waals surface area contributed by atoms with Crippen LogP contribution < -0.4 is 15.5 Å². The highest BCUT2D eigenvalue weighted by atomic mass is 16.2. The van der Waals surface area contributed by atoms with Gasteiger partial charge in [0.25, 0.3) is 0 Å². The van der Waals surface area contributed by atoms with E-state index in [4.69, 9.17) is 0 Å². The van der Waals surface area contributed by atoms with Crippen molar-refractivity contribution in [3.8, 4) is 0 Å². The summed E-state index contributed by atoms with van der Waals surface area (Å²) in [5.41, 5.74) is 2.22. The maximum atomic E-state index is 12.2. The van der Waals surface area contributed by atoms with Crippen LogP contribution in [-0.4, -0.2) is 31.6 Å². The van der Waals surface area contributed by atoms with Gasteiger partial charge in [-0.2, -0.15) is 0 Å². The number of fused-ring (bicyclic) bond motifs is 1. The van der Waals surface area contributed by atoms with Crippen LogP contribution in [0.15, 0.2) is 24.3 Å². The van der Waals surface area contributed by atoms with Crippen LogP contribution in [0.3, 0.4) is 0 Å². The van der Waals surface area contributed by atoms with Crippen molar-refractivity contribution in [2.75, 3.05) is 29.9 Å². The average molecular weight is 261 g/mol. The highest BCUT2D eigenvalue weighted by molar-refractivity contribution is 5.87. The smallest absolute Gasteiger partial charge is 0.242 e. The summed E-state index contributed by atoms with van der Waals surface area (Å²) in [4.78, 5) is 14.4. The van der Waals surface area contributed by atoms with Gasteiger partial charge in [-0.1, -0.05) is 26.0 Å². The molecule has 1 aromatic carbocycles. The van der Waals surface area contributed by atoms with Gasteiger partial charge in [-0.3, -0.25) is 4.79 Å². The van der Waals surface area contributed by atoms with E-state index in [1.165, 1.54) is 0 Å². The van der Waals surface area contributed by atoms with Gasteiger partial charge in [0, 0.05) is 19.6 Å². The predicted molar refractivity (Wildman–Crippen MR) is 79.6 cm³/mol. The molecular formula is C15H23N3O. The molecule has 4 nitrogen and oxygen atoms in total. The Bertz CT molecular complexity index is 445. The number of benzene rings is 1. The molecule has 4 heteroatoms. The van der Waals surface area contributed by atoms with Gasteiger partial charge in [0.15, 0.2) is 0 Å². The van der Waals surface area contributed by atoms with Crippen LogP contribution in [0.4, 0.5) is 11.4 Å². The molecule has 0 saturated carbocycles. The molecule has 19 heavy (non-hydrogen) atoms. The summed E-state index contributed by atoms with van der Waals surface area (Å²) in [5.74, 6) is 0.580. The molecule has 1 aliphatic heterocycles. The third-order valence-electron chi connectivity index (χ3n) is 3.41. The molecule has 0 aromatic heterocycles. The van der Waals surface area contributed by atoms with Crippen LogP contribution in [-0.2, 0) is 4.79 Å². The van der Waals surface area contributed by atoms with E-state index < -0.39 is 0 Å². The Kier molecular flexibility index (Phi) is 4.30. The Balaban J connectivity index is 2.08. The lowest BCUT2D eigenvalue weighted by atomic mass is 10.1. The summed E-state index contributed by atoms with van der Waals surface area (Å²) in [5, 5.41) is 6.37. The van der Waals surface area contributed by atoms with Crippen molar-refractivity contribution < 1.29 is 4.79 Å². The maximum Gasteiger partial charge on any atom is 0.242 e. The summed E-state index contributed by atoms with van der Waals surface area (Å²) < 4.78 is 0. The fraction of sp³-hybridized carbons (Fsp3) is 0.533. The number of para-hydroxylation sites is 2. The second kappa shape index (κ2) is 5.95. The number of anilines is 2. The van der Waals surface area contributed by atoms with Gasteiger partial charge in [0.2, 0.25) is 5.91 Å². The second-order valence-electron chi connectivity index (χ2n) is 5.45. The van der Waals surface area contributed by atoms with Gasteiger partial charge in [0.1, 0.15) is 6.04 Å². The molecule has 1 amide bonds. The molecule has 0 aliphatic carbocycles. The van der Waals surface area contributed by atoms with E-state index in [1.54, 1.807) is 0 Å². The van der Waals surface area contributed by atoms with Crippen LogP contribution in [0.1, 0.15) is 20.8 Å². The van der Waals surface area contributed by atoms with Crippen LogP contribution >= 0.6 is 0 Å². The van der Waals surface area contributed by atoms with Gasteiger partial charge in [-0.15, -0.1) is 0 Å². The third-order valence-corrected chi connectivity index (χ3v) is 3.41. The van der Waals surface area contributed by atoms with Crippen molar-refractivity contribution >= 4 is 17.3 Å². The molecule has 1 unspecified atom stereocenters. The second-order valence-corrected chi connectivity index (χ2v) is 5.45. The van der Waals surface area contributed by atoms with E-state index in [0.717, 1.165) is 31.0 Å². The molecule has 2 rings (SSSR count). The minimum atomic E-state index is -0.137. The Morgan fingerprint density at radius 3 is 2.84 bits per heavy atom. The predicted octanol–water partition coefficient (Wildman–Crippen LogP) is 2.08. The average Bonchev–Trinajstić information content (AvgIpc) is 2.43. The Hall–Kier alpha value is -1.71. The summed E-state index contributed by atoms with van der Waals surface area (Å²) in [6, 6.07) is 8.01. The highest BCUT2D eigenvalue weighted by Crippen LogP contribution is 2.29. The number of nitrogens with zero attached hydrogens (tertiary/aromatic N) is 1. The first-order valence-electron chi connectivity index (χ1n) is 6.97. The highest BCUT2D eigenvalue weighted by Gasteiger charge is 2.25. The van der Waals surface area contributed by atoms with Crippen molar-refractivity contribution in [3.63, 3.8) is 0 Å². The van der Waals surface area contributed by atoms with Crippen molar-refractivity contribution in [2.45, 2.75) is 26.8 Å². The first-order valence-corrected chi connectivity index (χ1v) is 6.97. The van der Waals surface area contributed by atoms with Gasteiger partial charge < -0.3 is 15.5 Å². The van der Waals surface area contributed by atoms with E-state index in [0.29, 0.717) is 5.92 Å². The number of hydrogen-bond donors (Lipinski definition) is 2. The summed E-state index contributed by atoms with van der Waals surface area (Å²) >= 11 is 0. The fourth-order valence-electron chi connectivity index (χ4n) is 2.30. The standard InChI is InChI=1S/C15H23N3O/c1-11(2)10-17-15(19)12(3)18-9-8-16-13-6-4-5-7-14(13)18/h4-7,11-12,16H,8-10H2,1-3H3,(H,17,19). The van der Waals surface area contributed by atoms with Gasteiger partial charge in [-0.05, 0) is 25.0 Å². The SMILES string of the molecule is CC(C)CNC(=O)C(C)N1CCNc2ccccc21. The number of carbonyl (C=O) groups excluding carboxylic acids is 1. The van der Waals surface area contributed by atoms with E-state index in [2.05, 4.69) is 41.5 Å². The minimum absolute atomic E-state index is 0.102. The summed E-state index contributed by atoms with van der Waals surface area (Å²) in [6.45, 7) is 8.64. The van der Waals surface area contributed by atoms with Gasteiger partial charge >= 0.3 is 0 Å². The number of hydrogen-bond acceptors (Lipinski definition) is 3. The molecule has 1 aliphatic rings. The lowest BCUT2D eigenvalue weighted by Gasteiger charge is -2.36. The van der Waals surface area contributed by atoms with E-state index in [-0.39, 0.29) is 11.9 Å². The van der Waals surface area contributed by atoms with Crippen molar-refractivity contribution in [3.05, 3.63) is 24.3 Å². The summed E-state index contributed by atoms with van der Waals surface area (Å²) in [7, 11) is 0. The lowest BCUT2D eigenvalue weighted by Crippen LogP contribution is -2.49. The molecule has 0 spiro atoms. The zero-order valence-electron chi connectivity index (χ0n) is 11.9. The molecule has 0 fully saturated rings. The molecule has 1 heterocycles. The largest absolute Gasteiger partial charge is 0.382 e. The van der Waals surface area contributed by atoms with Gasteiger partial charge in [0.05, 0.1) is 11.4 Å². The number of amides is 1. The Morgan fingerprint density at radius 2 is 2.11 bits per heavy atom. The molecular weight excluding hydrogens is 238 g/mol. The molecule has 1 atom stereocenters. The number of nitrogens with one attached hydrogen (secondary N) is 2. The molecule has 0 bridgehead atoms. The summed E-state index contributed by atoms with van der Waals surface area (Å²) in [6.07, 6.45) is 0. The quantitative estimate of drug-likeness (QED) is 0.872. The van der Waals surface area contributed by atoms with E-state index in [9.17, 15) is 4.79 Å². The zero-order valence-corrected chi connectivity index (χ0v) is 11.9. The fourth-order valence-corrected chi connectivity index (χ4v) is 2.30. The molecule has 1 aromatic rings. The first kappa shape index (κ1) is 13.7. The van der Waals surface area contributed by atoms with Crippen molar-refractivity contribution in [1.82, 2.24) is 5.32 Å². The maximum absolute atomic E-state index is 12.2. The molecule has 0 radical (unpaired) electrons. The number of rotatable bonds is 4. The monoisotopic (exact) mass is 261 g/mol. The van der Waals surface area contributed by atoms with Gasteiger partial charge in [-0.25, -0.2) is 0 Å². The van der Waals surface area contributed by atoms with Crippen LogP contribution in [0.2, 0.25) is 0 Å². The first-order chi connectivity index (χ1) is 9.09. The van der Waals surface area contributed by atoms with Crippen LogP contribution in [0, 0.1) is 5.92 Å². The molecule has 2 N–H and O–H groups in total. The normalized spacial score (nSPS) is 15.7. The van der Waals surface area contributed by atoms with E-state index >= 15 is 0 Å². The van der Waals surface area contributed by atoms with E-state index in [1.807, 2.05) is 19.1 Å². The molecule has 0 saturated heterocycles. The Morgan fingerprint density at radius 1 is 1.37 bits per heavy atom. The minimum Gasteiger partial charge on any atom is -0.382 e. The zero-order chi connectivity index (χ0) is 13.8. The third kappa shape index (κ3) is 3.19. The van der Waals surface area contributed by atoms with Crippen molar-refractivity contribution in [2.24, 2.45) is 5.92 Å². The van der Waals surface area contributed by atoms with Crippen molar-refractivity contribution in [1.29, 1.82) is 0 Å². The number of carbonyl (C=O) groups is 1. The lowest BCUT2D eigenvalue weighted by molar-refractivity contribution is -0.122.